The smallest absolute Gasteiger partial charge is 0.190 e. The Balaban J connectivity index is 1.28. The van der Waals surface area contributed by atoms with Crippen molar-refractivity contribution in [1.29, 1.82) is 0 Å². The van der Waals surface area contributed by atoms with Crippen LogP contribution in [-0.4, -0.2) is 42.3 Å². The van der Waals surface area contributed by atoms with Gasteiger partial charge >= 0.3 is 0 Å². The van der Waals surface area contributed by atoms with Gasteiger partial charge in [-0.25, -0.2) is 4.98 Å². The number of guanidine groups is 1. The van der Waals surface area contributed by atoms with E-state index < -0.39 is 0 Å². The van der Waals surface area contributed by atoms with E-state index >= 15 is 0 Å². The standard InChI is InChI=1S/C23H31N5O/c1-19(20-10-4-3-5-11-20)29-17-9-15-26-23(24-2)25-14-8-16-28-18-27-21-12-6-7-13-22(21)28/h3-7,10-13,18-19H,8-9,14-17H2,1-2H3,(H2,24,25,26). The van der Waals surface area contributed by atoms with Gasteiger partial charge in [-0.2, -0.15) is 0 Å². The molecule has 0 aliphatic heterocycles. The van der Waals surface area contributed by atoms with Crippen LogP contribution < -0.4 is 10.6 Å². The van der Waals surface area contributed by atoms with Gasteiger partial charge in [0.15, 0.2) is 5.96 Å². The number of aromatic nitrogens is 2. The van der Waals surface area contributed by atoms with E-state index in [2.05, 4.69) is 56.4 Å². The lowest BCUT2D eigenvalue weighted by molar-refractivity contribution is 0.0646. The number of aliphatic imine (C=N–C) groups is 1. The van der Waals surface area contributed by atoms with Crippen LogP contribution in [0.4, 0.5) is 0 Å². The van der Waals surface area contributed by atoms with Gasteiger partial charge in [-0.05, 0) is 37.5 Å². The van der Waals surface area contributed by atoms with E-state index in [0.717, 1.165) is 44.0 Å². The number of imidazole rings is 1. The molecule has 0 aliphatic rings. The van der Waals surface area contributed by atoms with E-state index in [9.17, 15) is 0 Å². The Morgan fingerprint density at radius 1 is 1.03 bits per heavy atom. The third-order valence-corrected chi connectivity index (χ3v) is 4.87. The van der Waals surface area contributed by atoms with Crippen molar-refractivity contribution in [2.24, 2.45) is 4.99 Å². The quantitative estimate of drug-likeness (QED) is 0.313. The van der Waals surface area contributed by atoms with E-state index in [4.69, 9.17) is 4.74 Å². The number of fused-ring (bicyclic) bond motifs is 1. The van der Waals surface area contributed by atoms with Crippen molar-refractivity contribution in [3.8, 4) is 0 Å². The van der Waals surface area contributed by atoms with Crippen LogP contribution in [0.25, 0.3) is 11.0 Å². The average molecular weight is 394 g/mol. The Morgan fingerprint density at radius 3 is 2.55 bits per heavy atom. The number of hydrogen-bond donors (Lipinski definition) is 2. The molecular weight excluding hydrogens is 362 g/mol. The Hall–Kier alpha value is -2.86. The van der Waals surface area contributed by atoms with Crippen LogP contribution in [0.3, 0.4) is 0 Å². The molecule has 0 radical (unpaired) electrons. The second-order valence-electron chi connectivity index (χ2n) is 6.98. The second kappa shape index (κ2) is 11.2. The molecule has 29 heavy (non-hydrogen) atoms. The molecule has 0 aliphatic carbocycles. The fraction of sp³-hybridized carbons (Fsp3) is 0.391. The van der Waals surface area contributed by atoms with E-state index in [0.29, 0.717) is 6.61 Å². The normalized spacial score (nSPS) is 12.8. The highest BCUT2D eigenvalue weighted by Crippen LogP contribution is 2.15. The third-order valence-electron chi connectivity index (χ3n) is 4.87. The first kappa shape index (κ1) is 20.9. The highest BCUT2D eigenvalue weighted by atomic mass is 16.5. The SMILES string of the molecule is CN=C(NCCCOC(C)c1ccccc1)NCCCn1cnc2ccccc21. The number of rotatable bonds is 10. The molecule has 1 heterocycles. The minimum atomic E-state index is 0.118. The van der Waals surface area contributed by atoms with Gasteiger partial charge in [-0.15, -0.1) is 0 Å². The summed E-state index contributed by atoms with van der Waals surface area (Å²) >= 11 is 0. The maximum atomic E-state index is 5.91. The summed E-state index contributed by atoms with van der Waals surface area (Å²) in [4.78, 5) is 8.72. The van der Waals surface area contributed by atoms with Gasteiger partial charge in [-0.3, -0.25) is 4.99 Å². The van der Waals surface area contributed by atoms with Gasteiger partial charge in [0.25, 0.3) is 0 Å². The van der Waals surface area contributed by atoms with Crippen LogP contribution in [0, 0.1) is 0 Å². The number of aryl methyl sites for hydroxylation is 1. The molecule has 1 aromatic heterocycles. The molecule has 3 rings (SSSR count). The molecular formula is C23H31N5O. The summed E-state index contributed by atoms with van der Waals surface area (Å²) < 4.78 is 8.10. The Morgan fingerprint density at radius 2 is 1.76 bits per heavy atom. The van der Waals surface area contributed by atoms with Gasteiger partial charge in [0.1, 0.15) is 0 Å². The first-order valence-electron chi connectivity index (χ1n) is 10.3. The maximum absolute atomic E-state index is 5.91. The molecule has 1 unspecified atom stereocenters. The van der Waals surface area contributed by atoms with Crippen LogP contribution in [-0.2, 0) is 11.3 Å². The number of para-hydroxylation sites is 2. The zero-order chi connectivity index (χ0) is 20.3. The van der Waals surface area contributed by atoms with Crippen molar-refractivity contribution in [1.82, 2.24) is 20.2 Å². The fourth-order valence-corrected chi connectivity index (χ4v) is 3.22. The van der Waals surface area contributed by atoms with Crippen molar-refractivity contribution in [2.45, 2.75) is 32.4 Å². The van der Waals surface area contributed by atoms with E-state index in [1.165, 1.54) is 11.1 Å². The summed E-state index contributed by atoms with van der Waals surface area (Å²) in [7, 11) is 1.80. The molecule has 0 saturated carbocycles. The van der Waals surface area contributed by atoms with Gasteiger partial charge in [-0.1, -0.05) is 42.5 Å². The monoisotopic (exact) mass is 393 g/mol. The lowest BCUT2D eigenvalue weighted by atomic mass is 10.1. The van der Waals surface area contributed by atoms with Crippen molar-refractivity contribution in [3.63, 3.8) is 0 Å². The predicted molar refractivity (Wildman–Crippen MR) is 119 cm³/mol. The minimum Gasteiger partial charge on any atom is -0.374 e. The highest BCUT2D eigenvalue weighted by Gasteiger charge is 2.05. The molecule has 0 saturated heterocycles. The van der Waals surface area contributed by atoms with E-state index in [1.807, 2.05) is 36.7 Å². The Bertz CT molecular complexity index is 890. The number of ether oxygens (including phenoxy) is 1. The summed E-state index contributed by atoms with van der Waals surface area (Å²) in [6, 6.07) is 18.5. The Labute approximate surface area is 173 Å². The van der Waals surface area contributed by atoms with Crippen molar-refractivity contribution in [2.75, 3.05) is 26.7 Å². The summed E-state index contributed by atoms with van der Waals surface area (Å²) in [5, 5.41) is 6.72. The van der Waals surface area contributed by atoms with Crippen molar-refractivity contribution in [3.05, 3.63) is 66.5 Å². The second-order valence-corrected chi connectivity index (χ2v) is 6.98. The van der Waals surface area contributed by atoms with Crippen LogP contribution >= 0.6 is 0 Å². The van der Waals surface area contributed by atoms with Gasteiger partial charge in [0, 0.05) is 33.3 Å². The van der Waals surface area contributed by atoms with E-state index in [-0.39, 0.29) is 6.10 Å². The number of benzene rings is 2. The zero-order valence-electron chi connectivity index (χ0n) is 17.3. The molecule has 6 nitrogen and oxygen atoms in total. The minimum absolute atomic E-state index is 0.118. The summed E-state index contributed by atoms with van der Waals surface area (Å²) in [6.07, 6.45) is 3.96. The van der Waals surface area contributed by atoms with Gasteiger partial charge in [0.05, 0.1) is 23.5 Å². The third kappa shape index (κ3) is 6.32. The summed E-state index contributed by atoms with van der Waals surface area (Å²) in [6.45, 7) is 5.41. The Kier molecular flexibility index (Phi) is 8.07. The van der Waals surface area contributed by atoms with Crippen molar-refractivity contribution < 1.29 is 4.74 Å². The zero-order valence-corrected chi connectivity index (χ0v) is 17.3. The van der Waals surface area contributed by atoms with Gasteiger partial charge < -0.3 is 19.9 Å². The van der Waals surface area contributed by atoms with Crippen LogP contribution in [0.15, 0.2) is 65.9 Å². The maximum Gasteiger partial charge on any atom is 0.190 e. The molecule has 2 aromatic carbocycles. The number of nitrogens with one attached hydrogen (secondary N) is 2. The molecule has 0 spiro atoms. The average Bonchev–Trinajstić information content (AvgIpc) is 3.18. The molecule has 0 fully saturated rings. The molecule has 0 amide bonds. The topological polar surface area (TPSA) is 63.5 Å². The summed E-state index contributed by atoms with van der Waals surface area (Å²) in [5.74, 6) is 0.830. The lowest BCUT2D eigenvalue weighted by Gasteiger charge is -2.15. The molecule has 0 bridgehead atoms. The molecule has 1 atom stereocenters. The predicted octanol–water partition coefficient (Wildman–Crippen LogP) is 3.76. The first-order chi connectivity index (χ1) is 14.3. The fourth-order valence-electron chi connectivity index (χ4n) is 3.22. The molecule has 154 valence electrons. The van der Waals surface area contributed by atoms with Gasteiger partial charge in [0.2, 0.25) is 0 Å². The summed E-state index contributed by atoms with van der Waals surface area (Å²) in [5.41, 5.74) is 3.44. The molecule has 2 N–H and O–H groups in total. The van der Waals surface area contributed by atoms with Crippen LogP contribution in [0.5, 0.6) is 0 Å². The molecule has 3 aromatic rings. The molecule has 6 heteroatoms. The van der Waals surface area contributed by atoms with E-state index in [1.54, 1.807) is 7.05 Å². The number of nitrogens with zero attached hydrogens (tertiary/aromatic N) is 3. The largest absolute Gasteiger partial charge is 0.374 e. The van der Waals surface area contributed by atoms with Crippen molar-refractivity contribution >= 4 is 17.0 Å². The first-order valence-corrected chi connectivity index (χ1v) is 10.3. The number of hydrogen-bond acceptors (Lipinski definition) is 3. The van der Waals surface area contributed by atoms with Crippen LogP contribution in [0.1, 0.15) is 31.4 Å². The highest BCUT2D eigenvalue weighted by molar-refractivity contribution is 5.79. The van der Waals surface area contributed by atoms with Crippen LogP contribution in [0.2, 0.25) is 0 Å². The lowest BCUT2D eigenvalue weighted by Crippen LogP contribution is -2.38.